The van der Waals surface area contributed by atoms with Crippen molar-refractivity contribution in [1.29, 1.82) is 0 Å². The average Bonchev–Trinajstić information content (AvgIpc) is 2.55. The molecule has 1 aromatic rings. The molecule has 0 amide bonds. The minimum Gasteiger partial charge on any atom is -0.493 e. The maximum absolute atomic E-state index is 12.7. The average molecular weight is 328 g/mol. The fourth-order valence-electron chi connectivity index (χ4n) is 2.77. The van der Waals surface area contributed by atoms with Crippen molar-refractivity contribution in [2.45, 2.75) is 17.7 Å². The molecule has 0 aromatic heterocycles. The second-order valence-corrected chi connectivity index (χ2v) is 7.36. The number of ether oxygens (including phenoxy) is 2. The molecule has 1 heterocycles. The molecule has 1 aromatic carbocycles. The highest BCUT2D eigenvalue weighted by Crippen LogP contribution is 2.31. The molecular weight excluding hydrogens is 304 g/mol. The highest BCUT2D eigenvalue weighted by Gasteiger charge is 2.29. The molecule has 0 bridgehead atoms. The summed E-state index contributed by atoms with van der Waals surface area (Å²) in [5, 5.41) is 3.15. The molecule has 7 heteroatoms. The van der Waals surface area contributed by atoms with Gasteiger partial charge in [-0.2, -0.15) is 4.31 Å². The summed E-state index contributed by atoms with van der Waals surface area (Å²) in [7, 11) is 1.47. The van der Waals surface area contributed by atoms with Gasteiger partial charge in [0.2, 0.25) is 10.0 Å². The highest BCUT2D eigenvalue weighted by atomic mass is 32.2. The predicted molar refractivity (Wildman–Crippen MR) is 85.0 cm³/mol. The van der Waals surface area contributed by atoms with E-state index >= 15 is 0 Å². The number of hydrogen-bond donors (Lipinski definition) is 1. The molecular formula is C15H24N2O4S. The zero-order valence-corrected chi connectivity index (χ0v) is 14.1. The van der Waals surface area contributed by atoms with Crippen molar-refractivity contribution in [3.63, 3.8) is 0 Å². The van der Waals surface area contributed by atoms with Crippen LogP contribution in [0.5, 0.6) is 11.5 Å². The molecule has 1 aliphatic rings. The number of sulfonamides is 1. The van der Waals surface area contributed by atoms with Gasteiger partial charge in [-0.1, -0.05) is 0 Å². The SMILES string of the molecule is CNCC1CCN(S(=O)(=O)c2ccc(OC)c(OC)c2)CC1. The van der Waals surface area contributed by atoms with Crippen LogP contribution in [0, 0.1) is 5.92 Å². The van der Waals surface area contributed by atoms with Crippen LogP contribution in [0.1, 0.15) is 12.8 Å². The van der Waals surface area contributed by atoms with E-state index in [4.69, 9.17) is 9.47 Å². The fraction of sp³-hybridized carbons (Fsp3) is 0.600. The van der Waals surface area contributed by atoms with E-state index in [2.05, 4.69) is 5.32 Å². The Bertz CT molecular complexity index is 596. The molecule has 1 aliphatic heterocycles. The summed E-state index contributed by atoms with van der Waals surface area (Å²) in [5.74, 6) is 1.49. The Balaban J connectivity index is 2.17. The summed E-state index contributed by atoms with van der Waals surface area (Å²) in [4.78, 5) is 0.247. The molecule has 0 saturated carbocycles. The molecule has 0 spiro atoms. The third-order valence-corrected chi connectivity index (χ3v) is 5.95. The Morgan fingerprint density at radius 3 is 2.36 bits per heavy atom. The van der Waals surface area contributed by atoms with Crippen LogP contribution in [0.3, 0.4) is 0 Å². The van der Waals surface area contributed by atoms with Crippen molar-refractivity contribution in [1.82, 2.24) is 9.62 Å². The Morgan fingerprint density at radius 2 is 1.82 bits per heavy atom. The number of benzene rings is 1. The minimum absolute atomic E-state index is 0.247. The Kier molecular flexibility index (Phi) is 5.66. The van der Waals surface area contributed by atoms with Crippen LogP contribution in [0.4, 0.5) is 0 Å². The van der Waals surface area contributed by atoms with E-state index < -0.39 is 10.0 Å². The quantitative estimate of drug-likeness (QED) is 0.853. The van der Waals surface area contributed by atoms with Crippen molar-refractivity contribution in [3.05, 3.63) is 18.2 Å². The van der Waals surface area contributed by atoms with Crippen LogP contribution in [0.2, 0.25) is 0 Å². The van der Waals surface area contributed by atoms with E-state index in [1.807, 2.05) is 7.05 Å². The first-order valence-electron chi connectivity index (χ1n) is 7.39. The van der Waals surface area contributed by atoms with Crippen LogP contribution in [-0.4, -0.2) is 53.6 Å². The maximum atomic E-state index is 12.7. The molecule has 2 rings (SSSR count). The van der Waals surface area contributed by atoms with E-state index in [1.165, 1.54) is 20.3 Å². The monoisotopic (exact) mass is 328 g/mol. The van der Waals surface area contributed by atoms with Gasteiger partial charge in [0.15, 0.2) is 11.5 Å². The number of piperidine rings is 1. The second-order valence-electron chi connectivity index (χ2n) is 5.42. The number of rotatable bonds is 6. The molecule has 1 saturated heterocycles. The normalized spacial score (nSPS) is 17.4. The minimum atomic E-state index is -3.48. The fourth-order valence-corrected chi connectivity index (χ4v) is 4.25. The predicted octanol–water partition coefficient (Wildman–Crippen LogP) is 1.32. The summed E-state index contributed by atoms with van der Waals surface area (Å²) < 4.78 is 37.4. The van der Waals surface area contributed by atoms with Gasteiger partial charge in [0.25, 0.3) is 0 Å². The topological polar surface area (TPSA) is 67.9 Å². The van der Waals surface area contributed by atoms with Crippen molar-refractivity contribution in [2.24, 2.45) is 5.92 Å². The lowest BCUT2D eigenvalue weighted by molar-refractivity contribution is 0.270. The summed E-state index contributed by atoms with van der Waals surface area (Å²) in [6.07, 6.45) is 1.76. The van der Waals surface area contributed by atoms with E-state index in [1.54, 1.807) is 16.4 Å². The van der Waals surface area contributed by atoms with Gasteiger partial charge < -0.3 is 14.8 Å². The van der Waals surface area contributed by atoms with Crippen molar-refractivity contribution in [2.75, 3.05) is 40.9 Å². The number of hydrogen-bond acceptors (Lipinski definition) is 5. The molecule has 0 atom stereocenters. The lowest BCUT2D eigenvalue weighted by atomic mass is 9.98. The highest BCUT2D eigenvalue weighted by molar-refractivity contribution is 7.89. The molecule has 6 nitrogen and oxygen atoms in total. The van der Waals surface area contributed by atoms with Crippen LogP contribution < -0.4 is 14.8 Å². The van der Waals surface area contributed by atoms with Gasteiger partial charge in [0.05, 0.1) is 19.1 Å². The first kappa shape index (κ1) is 17.1. The first-order valence-corrected chi connectivity index (χ1v) is 8.83. The van der Waals surface area contributed by atoms with E-state index in [9.17, 15) is 8.42 Å². The number of nitrogens with zero attached hydrogens (tertiary/aromatic N) is 1. The van der Waals surface area contributed by atoms with Crippen LogP contribution in [0.15, 0.2) is 23.1 Å². The zero-order valence-electron chi connectivity index (χ0n) is 13.3. The first-order chi connectivity index (χ1) is 10.5. The van der Waals surface area contributed by atoms with Crippen molar-refractivity contribution in [3.8, 4) is 11.5 Å². The Labute approximate surface area is 132 Å². The number of nitrogens with one attached hydrogen (secondary N) is 1. The van der Waals surface area contributed by atoms with E-state index in [0.717, 1.165) is 19.4 Å². The van der Waals surface area contributed by atoms with Crippen LogP contribution >= 0.6 is 0 Å². The Morgan fingerprint density at radius 1 is 1.18 bits per heavy atom. The van der Waals surface area contributed by atoms with Gasteiger partial charge in [-0.25, -0.2) is 8.42 Å². The smallest absolute Gasteiger partial charge is 0.243 e. The maximum Gasteiger partial charge on any atom is 0.243 e. The molecule has 0 radical (unpaired) electrons. The largest absolute Gasteiger partial charge is 0.493 e. The third-order valence-electron chi connectivity index (χ3n) is 4.06. The van der Waals surface area contributed by atoms with Gasteiger partial charge in [0, 0.05) is 19.2 Å². The molecule has 1 N–H and O–H groups in total. The van der Waals surface area contributed by atoms with E-state index in [-0.39, 0.29) is 4.90 Å². The Hall–Kier alpha value is -1.31. The van der Waals surface area contributed by atoms with Crippen molar-refractivity contribution >= 4 is 10.0 Å². The molecule has 22 heavy (non-hydrogen) atoms. The summed E-state index contributed by atoms with van der Waals surface area (Å²) in [5.41, 5.74) is 0. The second kappa shape index (κ2) is 7.30. The van der Waals surface area contributed by atoms with E-state index in [0.29, 0.717) is 30.5 Å². The number of methoxy groups -OCH3 is 2. The summed E-state index contributed by atoms with van der Waals surface area (Å²) in [6.45, 7) is 2.05. The van der Waals surface area contributed by atoms with Gasteiger partial charge in [-0.05, 0) is 44.5 Å². The van der Waals surface area contributed by atoms with Crippen LogP contribution in [-0.2, 0) is 10.0 Å². The molecule has 0 unspecified atom stereocenters. The summed E-state index contributed by atoms with van der Waals surface area (Å²) in [6, 6.07) is 4.71. The van der Waals surface area contributed by atoms with Gasteiger partial charge in [-0.3, -0.25) is 0 Å². The van der Waals surface area contributed by atoms with Crippen molar-refractivity contribution < 1.29 is 17.9 Å². The van der Waals surface area contributed by atoms with Crippen LogP contribution in [0.25, 0.3) is 0 Å². The van der Waals surface area contributed by atoms with Gasteiger partial charge >= 0.3 is 0 Å². The lowest BCUT2D eigenvalue weighted by Crippen LogP contribution is -2.40. The molecule has 124 valence electrons. The molecule has 0 aliphatic carbocycles. The lowest BCUT2D eigenvalue weighted by Gasteiger charge is -2.31. The third kappa shape index (κ3) is 3.53. The van der Waals surface area contributed by atoms with Gasteiger partial charge in [0.1, 0.15) is 0 Å². The molecule has 1 fully saturated rings. The standard InChI is InChI=1S/C15H24N2O4S/c1-16-11-12-6-8-17(9-7-12)22(18,19)13-4-5-14(20-2)15(10-13)21-3/h4-5,10,12,16H,6-9,11H2,1-3H3. The van der Waals surface area contributed by atoms with Gasteiger partial charge in [-0.15, -0.1) is 0 Å². The summed E-state index contributed by atoms with van der Waals surface area (Å²) >= 11 is 0. The zero-order chi connectivity index (χ0) is 16.2.